The van der Waals surface area contributed by atoms with Crippen LogP contribution in [-0.4, -0.2) is 67.9 Å². The van der Waals surface area contributed by atoms with Gasteiger partial charge in [0.2, 0.25) is 11.8 Å². The summed E-state index contributed by atoms with van der Waals surface area (Å²) in [6, 6.07) is 6.59. The van der Waals surface area contributed by atoms with E-state index in [1.165, 1.54) is 0 Å². The maximum Gasteiger partial charge on any atom is 0.262 e. The van der Waals surface area contributed by atoms with Gasteiger partial charge in [-0.2, -0.15) is 0 Å². The molecule has 0 aromatic heterocycles. The third-order valence-corrected chi connectivity index (χ3v) is 4.88. The molecule has 0 bridgehead atoms. The molecule has 158 valence electrons. The highest BCUT2D eigenvalue weighted by molar-refractivity contribution is 6.30. The van der Waals surface area contributed by atoms with Gasteiger partial charge < -0.3 is 15.1 Å². The summed E-state index contributed by atoms with van der Waals surface area (Å²) in [5, 5.41) is 5.59. The number of carbonyl (C=O) groups excluding carboxylic acids is 2. The number of nitrogens with zero attached hydrogens (tertiary/aromatic N) is 2. The van der Waals surface area contributed by atoms with E-state index in [2.05, 4.69) is 15.5 Å². The van der Waals surface area contributed by atoms with E-state index in [0.29, 0.717) is 31.2 Å². The highest BCUT2D eigenvalue weighted by Gasteiger charge is 2.42. The second kappa shape index (κ2) is 10.4. The van der Waals surface area contributed by atoms with Gasteiger partial charge in [0.1, 0.15) is 0 Å². The fraction of sp³-hybridized carbons (Fsp3) is 0.529. The molecule has 2 N–H and O–H groups in total. The van der Waals surface area contributed by atoms with Gasteiger partial charge in [-0.05, 0) is 18.2 Å². The van der Waals surface area contributed by atoms with Crippen LogP contribution in [0, 0.1) is 0 Å². The van der Waals surface area contributed by atoms with Crippen molar-refractivity contribution in [2.75, 3.05) is 44.2 Å². The molecule has 2 aliphatic rings. The van der Waals surface area contributed by atoms with Crippen molar-refractivity contribution in [2.24, 2.45) is 0 Å². The van der Waals surface area contributed by atoms with Crippen LogP contribution in [0.3, 0.4) is 0 Å². The quantitative estimate of drug-likeness (QED) is 0.722. The minimum absolute atomic E-state index is 0. The first kappa shape index (κ1) is 24.7. The van der Waals surface area contributed by atoms with Crippen LogP contribution in [0.5, 0.6) is 0 Å². The molecule has 0 saturated carbocycles. The fourth-order valence-corrected chi connectivity index (χ4v) is 3.37. The molecular weight excluding hydrogens is 437 g/mol. The van der Waals surface area contributed by atoms with Crippen LogP contribution in [0.2, 0.25) is 5.02 Å². The van der Waals surface area contributed by atoms with Gasteiger partial charge in [0.15, 0.2) is 0 Å². The van der Waals surface area contributed by atoms with Gasteiger partial charge in [0.25, 0.3) is 5.92 Å². The van der Waals surface area contributed by atoms with Crippen LogP contribution in [-0.2, 0) is 9.59 Å². The van der Waals surface area contributed by atoms with Crippen LogP contribution < -0.4 is 15.5 Å². The monoisotopic (exact) mass is 458 g/mol. The summed E-state index contributed by atoms with van der Waals surface area (Å²) in [5.74, 6) is -3.65. The molecule has 1 atom stereocenters. The zero-order valence-corrected chi connectivity index (χ0v) is 17.4. The second-order valence-corrected chi connectivity index (χ2v) is 7.00. The number of anilines is 1. The molecule has 0 aliphatic carbocycles. The van der Waals surface area contributed by atoms with Crippen LogP contribution in [0.4, 0.5) is 14.5 Å². The predicted molar refractivity (Wildman–Crippen MR) is 109 cm³/mol. The molecule has 0 radical (unpaired) electrons. The van der Waals surface area contributed by atoms with Crippen molar-refractivity contribution in [3.63, 3.8) is 0 Å². The fourth-order valence-electron chi connectivity index (χ4n) is 3.19. The summed E-state index contributed by atoms with van der Waals surface area (Å²) >= 11 is 6.00. The number of carbonyl (C=O) groups is 2. The van der Waals surface area contributed by atoms with Gasteiger partial charge in [-0.25, -0.2) is 8.78 Å². The summed E-state index contributed by atoms with van der Waals surface area (Å²) in [7, 11) is 0. The Kier molecular flexibility index (Phi) is 9.20. The minimum Gasteiger partial charge on any atom is -0.368 e. The molecule has 1 aromatic carbocycles. The Hall–Kier alpha value is -1.35. The summed E-state index contributed by atoms with van der Waals surface area (Å²) in [6.07, 6.45) is -0.536. The Labute approximate surface area is 179 Å². The van der Waals surface area contributed by atoms with E-state index in [1.807, 2.05) is 24.3 Å². The van der Waals surface area contributed by atoms with E-state index < -0.39 is 30.8 Å². The summed E-state index contributed by atoms with van der Waals surface area (Å²) in [4.78, 5) is 27.9. The Bertz CT molecular complexity index is 688. The average molecular weight is 460 g/mol. The second-order valence-electron chi connectivity index (χ2n) is 6.56. The molecule has 1 aromatic rings. The van der Waals surface area contributed by atoms with Gasteiger partial charge in [-0.1, -0.05) is 17.7 Å². The SMILES string of the molecule is Cl.Cl.O=C(NCC(=O)N1CCN(c2cccc(Cl)c2)CC1)C1CC(F)(F)CN1. The lowest BCUT2D eigenvalue weighted by Crippen LogP contribution is -2.52. The smallest absolute Gasteiger partial charge is 0.262 e. The summed E-state index contributed by atoms with van der Waals surface area (Å²) in [6.45, 7) is 1.69. The number of rotatable bonds is 4. The molecular formula is C17H23Cl3F2N4O2. The molecule has 2 aliphatic heterocycles. The first-order valence-electron chi connectivity index (χ1n) is 8.51. The zero-order chi connectivity index (χ0) is 18.7. The van der Waals surface area contributed by atoms with Crippen molar-refractivity contribution in [1.29, 1.82) is 0 Å². The molecule has 2 saturated heterocycles. The topological polar surface area (TPSA) is 64.7 Å². The van der Waals surface area contributed by atoms with Crippen molar-refractivity contribution >= 4 is 53.9 Å². The molecule has 3 rings (SSSR count). The maximum atomic E-state index is 13.1. The average Bonchev–Trinajstić information content (AvgIpc) is 2.99. The molecule has 2 heterocycles. The molecule has 11 heteroatoms. The third kappa shape index (κ3) is 6.34. The Morgan fingerprint density at radius 2 is 1.89 bits per heavy atom. The Morgan fingerprint density at radius 3 is 2.46 bits per heavy atom. The predicted octanol–water partition coefficient (Wildman–Crippen LogP) is 1.95. The van der Waals surface area contributed by atoms with Crippen LogP contribution in [0.25, 0.3) is 0 Å². The van der Waals surface area contributed by atoms with Crippen molar-refractivity contribution in [1.82, 2.24) is 15.5 Å². The van der Waals surface area contributed by atoms with Crippen molar-refractivity contribution in [2.45, 2.75) is 18.4 Å². The normalized spacial score (nSPS) is 20.8. The molecule has 28 heavy (non-hydrogen) atoms. The summed E-state index contributed by atoms with van der Waals surface area (Å²) < 4.78 is 26.2. The number of hydrogen-bond acceptors (Lipinski definition) is 4. The highest BCUT2D eigenvalue weighted by atomic mass is 35.5. The van der Waals surface area contributed by atoms with Crippen LogP contribution in [0.1, 0.15) is 6.42 Å². The zero-order valence-electron chi connectivity index (χ0n) is 15.0. The minimum atomic E-state index is -2.87. The molecule has 2 fully saturated rings. The third-order valence-electron chi connectivity index (χ3n) is 4.65. The van der Waals surface area contributed by atoms with Crippen molar-refractivity contribution in [3.8, 4) is 0 Å². The Morgan fingerprint density at radius 1 is 1.21 bits per heavy atom. The van der Waals surface area contributed by atoms with E-state index in [9.17, 15) is 18.4 Å². The molecule has 1 unspecified atom stereocenters. The molecule has 2 amide bonds. The number of amides is 2. The lowest BCUT2D eigenvalue weighted by Gasteiger charge is -2.36. The van der Waals surface area contributed by atoms with Crippen LogP contribution in [0.15, 0.2) is 24.3 Å². The number of hydrogen-bond donors (Lipinski definition) is 2. The molecule has 6 nitrogen and oxygen atoms in total. The van der Waals surface area contributed by atoms with Gasteiger partial charge in [-0.15, -0.1) is 24.8 Å². The standard InChI is InChI=1S/C17H21ClF2N4O2.2ClH/c18-12-2-1-3-13(8-12)23-4-6-24(7-5-23)15(25)10-21-16(26)14-9-17(19,20)11-22-14;;/h1-3,8,14,22H,4-7,9-11H2,(H,21,26);2*1H. The number of nitrogens with one attached hydrogen (secondary N) is 2. The van der Waals surface area contributed by atoms with Crippen molar-refractivity contribution in [3.05, 3.63) is 29.3 Å². The number of alkyl halides is 2. The van der Waals surface area contributed by atoms with Gasteiger partial charge in [-0.3, -0.25) is 14.9 Å². The van der Waals surface area contributed by atoms with Gasteiger partial charge >= 0.3 is 0 Å². The van der Waals surface area contributed by atoms with Crippen LogP contribution >= 0.6 is 36.4 Å². The first-order chi connectivity index (χ1) is 12.3. The highest BCUT2D eigenvalue weighted by Crippen LogP contribution is 2.25. The van der Waals surface area contributed by atoms with E-state index in [1.54, 1.807) is 4.90 Å². The van der Waals surface area contributed by atoms with Gasteiger partial charge in [0.05, 0.1) is 19.1 Å². The largest absolute Gasteiger partial charge is 0.368 e. The summed E-state index contributed by atoms with van der Waals surface area (Å²) in [5.41, 5.74) is 1.01. The van der Waals surface area contributed by atoms with E-state index in [4.69, 9.17) is 11.6 Å². The number of halogens is 5. The maximum absolute atomic E-state index is 13.1. The number of benzene rings is 1. The lowest BCUT2D eigenvalue weighted by atomic mass is 10.2. The van der Waals surface area contributed by atoms with E-state index >= 15 is 0 Å². The Balaban J connectivity index is 0.00000196. The van der Waals surface area contributed by atoms with E-state index in [0.717, 1.165) is 5.69 Å². The van der Waals surface area contributed by atoms with E-state index in [-0.39, 0.29) is 37.3 Å². The first-order valence-corrected chi connectivity index (χ1v) is 8.89. The van der Waals surface area contributed by atoms with Gasteiger partial charge in [0, 0.05) is 43.3 Å². The lowest BCUT2D eigenvalue weighted by molar-refractivity contribution is -0.133. The van der Waals surface area contributed by atoms with Crippen molar-refractivity contribution < 1.29 is 18.4 Å². The molecule has 0 spiro atoms. The number of piperazine rings is 1.